The minimum Gasteiger partial charge on any atom is -0.497 e. The zero-order valence-electron chi connectivity index (χ0n) is 18.1. The van der Waals surface area contributed by atoms with Crippen LogP contribution in [-0.4, -0.2) is 23.8 Å². The molecule has 33 heavy (non-hydrogen) atoms. The monoisotopic (exact) mass is 450 g/mol. The molecule has 4 nitrogen and oxygen atoms in total. The first-order chi connectivity index (χ1) is 16.2. The van der Waals surface area contributed by atoms with Crippen molar-refractivity contribution in [3.63, 3.8) is 0 Å². The van der Waals surface area contributed by atoms with Crippen LogP contribution in [0.1, 0.15) is 0 Å². The number of rotatable bonds is 6. The summed E-state index contributed by atoms with van der Waals surface area (Å²) in [5.74, 6) is 0.954. The number of nitrogens with one attached hydrogen (secondary N) is 1. The third-order valence-electron chi connectivity index (χ3n) is 5.49. The summed E-state index contributed by atoms with van der Waals surface area (Å²) >= 11 is 1.43. The quantitative estimate of drug-likeness (QED) is 0.289. The summed E-state index contributed by atoms with van der Waals surface area (Å²) in [6.07, 6.45) is 0. The number of hydrogen-bond donors (Lipinski definition) is 1. The van der Waals surface area contributed by atoms with E-state index in [1.807, 2.05) is 78.9 Å². The molecule has 0 saturated heterocycles. The van der Waals surface area contributed by atoms with Crippen molar-refractivity contribution in [3.8, 4) is 16.9 Å². The summed E-state index contributed by atoms with van der Waals surface area (Å²) in [6, 6.07) is 32.1. The number of carbonyl (C=O) groups excluding carboxylic acids is 1. The number of benzene rings is 4. The number of pyridine rings is 1. The average Bonchev–Trinajstić information content (AvgIpc) is 2.87. The molecule has 0 aliphatic carbocycles. The van der Waals surface area contributed by atoms with Gasteiger partial charge in [0.05, 0.1) is 23.4 Å². The lowest BCUT2D eigenvalue weighted by molar-refractivity contribution is -0.113. The minimum absolute atomic E-state index is 0.0647. The van der Waals surface area contributed by atoms with Gasteiger partial charge in [-0.1, -0.05) is 78.5 Å². The molecule has 4 aromatic carbocycles. The van der Waals surface area contributed by atoms with Gasteiger partial charge in [0.15, 0.2) is 0 Å². The Bertz CT molecular complexity index is 1450. The molecule has 0 bridgehead atoms. The molecule has 162 valence electrons. The normalized spacial score (nSPS) is 10.9. The average molecular weight is 451 g/mol. The summed E-state index contributed by atoms with van der Waals surface area (Å²) in [6.45, 7) is 0. The van der Waals surface area contributed by atoms with Gasteiger partial charge in [0.1, 0.15) is 5.75 Å². The van der Waals surface area contributed by atoms with E-state index in [2.05, 4.69) is 23.5 Å². The Hall–Kier alpha value is -3.83. The fraction of sp³-hybridized carbons (Fsp3) is 0.0714. The van der Waals surface area contributed by atoms with Gasteiger partial charge in [0.2, 0.25) is 5.91 Å². The van der Waals surface area contributed by atoms with E-state index in [1.54, 1.807) is 7.11 Å². The van der Waals surface area contributed by atoms with Crippen LogP contribution in [0.4, 0.5) is 5.69 Å². The van der Waals surface area contributed by atoms with Gasteiger partial charge in [0.25, 0.3) is 0 Å². The Morgan fingerprint density at radius 1 is 0.879 bits per heavy atom. The number of hydrogen-bond acceptors (Lipinski definition) is 4. The highest BCUT2D eigenvalue weighted by Gasteiger charge is 2.12. The first kappa shape index (κ1) is 21.0. The third kappa shape index (κ3) is 4.54. The predicted octanol–water partition coefficient (Wildman–Crippen LogP) is 6.79. The fourth-order valence-corrected chi connectivity index (χ4v) is 4.62. The second-order valence-corrected chi connectivity index (χ2v) is 8.62. The number of thioether (sulfide) groups is 1. The molecule has 0 fully saturated rings. The van der Waals surface area contributed by atoms with Crippen LogP contribution in [-0.2, 0) is 4.79 Å². The van der Waals surface area contributed by atoms with Crippen LogP contribution >= 0.6 is 11.8 Å². The molecule has 5 heteroatoms. The van der Waals surface area contributed by atoms with Crippen molar-refractivity contribution >= 4 is 45.0 Å². The Balaban J connectivity index is 1.42. The number of fused-ring (bicyclic) bond motifs is 2. The van der Waals surface area contributed by atoms with Gasteiger partial charge in [-0.3, -0.25) is 4.79 Å². The fourth-order valence-electron chi connectivity index (χ4n) is 3.90. The Kier molecular flexibility index (Phi) is 5.96. The van der Waals surface area contributed by atoms with E-state index in [0.717, 1.165) is 49.3 Å². The summed E-state index contributed by atoms with van der Waals surface area (Å²) in [5.41, 5.74) is 3.85. The van der Waals surface area contributed by atoms with Crippen molar-refractivity contribution < 1.29 is 9.53 Å². The van der Waals surface area contributed by atoms with E-state index in [0.29, 0.717) is 0 Å². The second-order valence-electron chi connectivity index (χ2n) is 7.62. The summed E-state index contributed by atoms with van der Waals surface area (Å²) in [7, 11) is 1.65. The molecule has 0 spiro atoms. The molecular formula is C28H22N2O2S. The molecule has 1 N–H and O–H groups in total. The number of aromatic nitrogens is 1. The van der Waals surface area contributed by atoms with Gasteiger partial charge in [-0.2, -0.15) is 0 Å². The van der Waals surface area contributed by atoms with Crippen molar-refractivity contribution in [2.45, 2.75) is 5.03 Å². The Labute approximate surface area is 196 Å². The zero-order valence-corrected chi connectivity index (χ0v) is 18.9. The molecule has 0 radical (unpaired) electrons. The van der Waals surface area contributed by atoms with E-state index < -0.39 is 0 Å². The maximum atomic E-state index is 12.8. The van der Waals surface area contributed by atoms with E-state index >= 15 is 0 Å². The van der Waals surface area contributed by atoms with Crippen LogP contribution in [0.3, 0.4) is 0 Å². The first-order valence-corrected chi connectivity index (χ1v) is 11.6. The van der Waals surface area contributed by atoms with E-state index in [1.165, 1.54) is 11.8 Å². The molecule has 1 heterocycles. The number of carbonyl (C=O) groups is 1. The lowest BCUT2D eigenvalue weighted by atomic mass is 10.0. The highest BCUT2D eigenvalue weighted by Crippen LogP contribution is 2.33. The Morgan fingerprint density at radius 2 is 1.67 bits per heavy atom. The van der Waals surface area contributed by atoms with Gasteiger partial charge in [-0.05, 0) is 40.8 Å². The van der Waals surface area contributed by atoms with Gasteiger partial charge >= 0.3 is 0 Å². The molecule has 0 saturated carbocycles. The van der Waals surface area contributed by atoms with Crippen LogP contribution in [0.15, 0.2) is 102 Å². The van der Waals surface area contributed by atoms with Crippen molar-refractivity contribution in [3.05, 3.63) is 97.1 Å². The molecule has 5 aromatic rings. The molecular weight excluding hydrogens is 428 g/mol. The molecule has 5 rings (SSSR count). The number of amides is 1. The largest absolute Gasteiger partial charge is 0.497 e. The second kappa shape index (κ2) is 9.35. The van der Waals surface area contributed by atoms with Crippen molar-refractivity contribution in [1.29, 1.82) is 0 Å². The number of nitrogens with zero attached hydrogens (tertiary/aromatic N) is 1. The zero-order chi connectivity index (χ0) is 22.6. The molecule has 0 unspecified atom stereocenters. The third-order valence-corrected chi connectivity index (χ3v) is 6.40. The SMILES string of the molecule is COc1ccc2c(-c3ccccc3)cc(SCC(=O)Nc3cccc4ccccc34)nc2c1. The van der Waals surface area contributed by atoms with Crippen molar-refractivity contribution in [2.75, 3.05) is 18.2 Å². The highest BCUT2D eigenvalue weighted by molar-refractivity contribution is 7.99. The van der Waals surface area contributed by atoms with Crippen LogP contribution in [0.25, 0.3) is 32.8 Å². The van der Waals surface area contributed by atoms with Gasteiger partial charge in [-0.15, -0.1) is 0 Å². The lowest BCUT2D eigenvalue weighted by Gasteiger charge is -2.12. The van der Waals surface area contributed by atoms with E-state index in [9.17, 15) is 4.79 Å². The van der Waals surface area contributed by atoms with Crippen molar-refractivity contribution in [2.24, 2.45) is 0 Å². The van der Waals surface area contributed by atoms with Crippen LogP contribution in [0.5, 0.6) is 5.75 Å². The molecule has 0 aliphatic heterocycles. The number of anilines is 1. The smallest absolute Gasteiger partial charge is 0.234 e. The van der Waals surface area contributed by atoms with E-state index in [4.69, 9.17) is 9.72 Å². The lowest BCUT2D eigenvalue weighted by Crippen LogP contribution is -2.14. The van der Waals surface area contributed by atoms with Gasteiger partial charge < -0.3 is 10.1 Å². The standard InChI is InChI=1S/C28H22N2O2S/c1-32-21-14-15-23-24(20-8-3-2-4-9-20)17-28(30-26(23)16-21)33-18-27(31)29-25-13-7-11-19-10-5-6-12-22(19)25/h2-17H,18H2,1H3,(H,29,31). The van der Waals surface area contributed by atoms with Crippen LogP contribution < -0.4 is 10.1 Å². The highest BCUT2D eigenvalue weighted by atomic mass is 32.2. The molecule has 1 aromatic heterocycles. The molecule has 0 aliphatic rings. The predicted molar refractivity (Wildman–Crippen MR) is 137 cm³/mol. The summed E-state index contributed by atoms with van der Waals surface area (Å²) in [4.78, 5) is 17.6. The molecule has 0 atom stereocenters. The van der Waals surface area contributed by atoms with E-state index in [-0.39, 0.29) is 11.7 Å². The number of ether oxygens (including phenoxy) is 1. The van der Waals surface area contributed by atoms with Crippen LogP contribution in [0, 0.1) is 0 Å². The topological polar surface area (TPSA) is 51.2 Å². The van der Waals surface area contributed by atoms with Crippen LogP contribution in [0.2, 0.25) is 0 Å². The summed E-state index contributed by atoms with van der Waals surface area (Å²) in [5, 5.41) is 7.02. The van der Waals surface area contributed by atoms with Gasteiger partial charge in [0, 0.05) is 22.5 Å². The maximum Gasteiger partial charge on any atom is 0.234 e. The summed E-state index contributed by atoms with van der Waals surface area (Å²) < 4.78 is 5.40. The molecule has 1 amide bonds. The first-order valence-electron chi connectivity index (χ1n) is 10.7. The minimum atomic E-state index is -0.0647. The Morgan fingerprint density at radius 3 is 2.52 bits per heavy atom. The maximum absolute atomic E-state index is 12.8. The number of methoxy groups -OCH3 is 1. The van der Waals surface area contributed by atoms with Gasteiger partial charge in [-0.25, -0.2) is 4.98 Å². The van der Waals surface area contributed by atoms with Crippen molar-refractivity contribution in [1.82, 2.24) is 4.98 Å².